The summed E-state index contributed by atoms with van der Waals surface area (Å²) in [7, 11) is -3.28. The van der Waals surface area contributed by atoms with Gasteiger partial charge in [-0.2, -0.15) is 0 Å². The van der Waals surface area contributed by atoms with E-state index in [9.17, 15) is 22.4 Å². The molecule has 9 heteroatoms. The van der Waals surface area contributed by atoms with Crippen LogP contribution in [0.3, 0.4) is 0 Å². The molecular weight excluding hydrogens is 447 g/mol. The lowest BCUT2D eigenvalue weighted by Gasteiger charge is -2.26. The fourth-order valence-corrected chi connectivity index (χ4v) is 6.10. The lowest BCUT2D eigenvalue weighted by molar-refractivity contribution is -0.121. The molecule has 0 unspecified atom stereocenters. The van der Waals surface area contributed by atoms with Gasteiger partial charge in [-0.25, -0.2) is 17.6 Å². The van der Waals surface area contributed by atoms with Crippen LogP contribution in [0, 0.1) is 11.2 Å². The first-order valence-corrected chi connectivity index (χ1v) is 13.4. The van der Waals surface area contributed by atoms with E-state index in [1.807, 2.05) is 20.8 Å². The van der Waals surface area contributed by atoms with Crippen LogP contribution in [0.4, 0.5) is 9.18 Å². The molecule has 1 aromatic rings. The van der Waals surface area contributed by atoms with Crippen molar-refractivity contribution in [3.63, 3.8) is 0 Å². The van der Waals surface area contributed by atoms with Crippen molar-refractivity contribution in [2.24, 2.45) is 5.41 Å². The van der Waals surface area contributed by atoms with Crippen molar-refractivity contribution < 1.29 is 27.1 Å². The number of urea groups is 1. The van der Waals surface area contributed by atoms with Crippen molar-refractivity contribution in [1.29, 1.82) is 0 Å². The SMILES string of the molecule is CC(C)(C)COc1cc(C2(CS(=O)(=O)CCCCCN3CCC(=O)NC3=O)CC2)ccc1F. The van der Waals surface area contributed by atoms with E-state index in [2.05, 4.69) is 5.32 Å². The van der Waals surface area contributed by atoms with Crippen molar-refractivity contribution >= 4 is 21.8 Å². The number of halogens is 1. The summed E-state index contributed by atoms with van der Waals surface area (Å²) in [5.41, 5.74) is 0.255. The smallest absolute Gasteiger partial charge is 0.324 e. The number of rotatable bonds is 11. The van der Waals surface area contributed by atoms with Crippen LogP contribution in [0.5, 0.6) is 5.75 Å². The van der Waals surface area contributed by atoms with Gasteiger partial charge in [0, 0.05) is 24.9 Å². The van der Waals surface area contributed by atoms with E-state index >= 15 is 0 Å². The minimum atomic E-state index is -3.28. The van der Waals surface area contributed by atoms with Crippen molar-refractivity contribution in [2.45, 2.75) is 64.7 Å². The lowest BCUT2D eigenvalue weighted by Crippen LogP contribution is -2.49. The van der Waals surface area contributed by atoms with Gasteiger partial charge in [0.2, 0.25) is 5.91 Å². The van der Waals surface area contributed by atoms with Crippen LogP contribution < -0.4 is 10.1 Å². The fourth-order valence-electron chi connectivity index (χ4n) is 4.01. The maximum Gasteiger partial charge on any atom is 0.324 e. The second kappa shape index (κ2) is 9.99. The quantitative estimate of drug-likeness (QED) is 0.484. The number of carbonyl (C=O) groups excluding carboxylic acids is 2. The summed E-state index contributed by atoms with van der Waals surface area (Å²) in [6, 6.07) is 4.33. The summed E-state index contributed by atoms with van der Waals surface area (Å²) in [5, 5.41) is 2.29. The summed E-state index contributed by atoms with van der Waals surface area (Å²) in [6.07, 6.45) is 3.73. The molecule has 2 aliphatic rings. The molecule has 0 bridgehead atoms. The topological polar surface area (TPSA) is 92.8 Å². The van der Waals surface area contributed by atoms with Gasteiger partial charge in [-0.3, -0.25) is 10.1 Å². The average Bonchev–Trinajstić information content (AvgIpc) is 3.47. The van der Waals surface area contributed by atoms with Gasteiger partial charge in [-0.1, -0.05) is 33.3 Å². The second-order valence-corrected chi connectivity index (χ2v) is 12.7. The van der Waals surface area contributed by atoms with Gasteiger partial charge >= 0.3 is 6.03 Å². The Kier molecular flexibility index (Phi) is 7.71. The minimum Gasteiger partial charge on any atom is -0.490 e. The number of nitrogens with one attached hydrogen (secondary N) is 1. The van der Waals surface area contributed by atoms with Crippen molar-refractivity contribution in [2.75, 3.05) is 31.2 Å². The minimum absolute atomic E-state index is 0.0565. The van der Waals surface area contributed by atoms with Gasteiger partial charge in [0.05, 0.1) is 18.1 Å². The maximum atomic E-state index is 14.2. The average molecular weight is 483 g/mol. The Hall–Kier alpha value is -2.16. The number of imide groups is 1. The van der Waals surface area contributed by atoms with E-state index in [4.69, 9.17) is 4.74 Å². The molecule has 1 aromatic carbocycles. The summed E-state index contributed by atoms with van der Waals surface area (Å²) >= 11 is 0. The highest BCUT2D eigenvalue weighted by Gasteiger charge is 2.47. The zero-order chi connectivity index (χ0) is 24.3. The van der Waals surface area contributed by atoms with Crippen LogP contribution in [0.2, 0.25) is 0 Å². The molecule has 1 N–H and O–H groups in total. The second-order valence-electron chi connectivity index (χ2n) is 10.5. The fraction of sp³-hybridized carbons (Fsp3) is 0.667. The zero-order valence-electron chi connectivity index (χ0n) is 19.8. The molecule has 1 aliphatic heterocycles. The van der Waals surface area contributed by atoms with Crippen LogP contribution in [-0.2, 0) is 20.0 Å². The number of hydrogen-bond acceptors (Lipinski definition) is 5. The van der Waals surface area contributed by atoms with Crippen LogP contribution >= 0.6 is 0 Å². The predicted octanol–water partition coefficient (Wildman–Crippen LogP) is 3.81. The molecule has 0 atom stereocenters. The summed E-state index contributed by atoms with van der Waals surface area (Å²) in [6.45, 7) is 7.30. The Balaban J connectivity index is 1.49. The monoisotopic (exact) mass is 482 g/mol. The first-order chi connectivity index (χ1) is 15.4. The van der Waals surface area contributed by atoms with E-state index in [1.54, 1.807) is 17.0 Å². The van der Waals surface area contributed by atoms with E-state index < -0.39 is 21.1 Å². The van der Waals surface area contributed by atoms with Crippen molar-refractivity contribution in [3.8, 4) is 5.75 Å². The predicted molar refractivity (Wildman–Crippen MR) is 124 cm³/mol. The molecule has 3 rings (SSSR count). The molecule has 0 aromatic heterocycles. The molecule has 33 heavy (non-hydrogen) atoms. The van der Waals surface area contributed by atoms with E-state index in [0.29, 0.717) is 45.4 Å². The number of sulfone groups is 1. The first kappa shape index (κ1) is 25.5. The largest absolute Gasteiger partial charge is 0.490 e. The van der Waals surface area contributed by atoms with Gasteiger partial charge in [0.15, 0.2) is 21.4 Å². The standard InChI is InChI=1S/C24H35FN2O5S/c1-23(2,3)16-32-20-15-18(7-8-19(20)25)24(10-11-24)17-33(30,31)14-6-4-5-12-27-13-9-21(28)26-22(27)29/h7-8,15H,4-6,9-14,16-17H2,1-3H3,(H,26,28,29). The zero-order valence-corrected chi connectivity index (χ0v) is 20.6. The number of nitrogens with zero attached hydrogens (tertiary/aromatic N) is 1. The third-order valence-corrected chi connectivity index (χ3v) is 7.98. The van der Waals surface area contributed by atoms with Crippen molar-refractivity contribution in [1.82, 2.24) is 10.2 Å². The van der Waals surface area contributed by atoms with Gasteiger partial charge in [0.25, 0.3) is 0 Å². The number of hydrogen-bond donors (Lipinski definition) is 1. The number of ether oxygens (including phenoxy) is 1. The number of benzene rings is 1. The summed E-state index contributed by atoms with van der Waals surface area (Å²) < 4.78 is 45.5. The van der Waals surface area contributed by atoms with Crippen LogP contribution in [0.25, 0.3) is 0 Å². The lowest BCUT2D eigenvalue weighted by atomic mass is 9.97. The molecule has 7 nitrogen and oxygen atoms in total. The van der Waals surface area contributed by atoms with E-state index in [-0.39, 0.29) is 34.6 Å². The third-order valence-electron chi connectivity index (χ3n) is 6.08. The van der Waals surface area contributed by atoms with Crippen LogP contribution in [0.1, 0.15) is 64.9 Å². The Labute approximate surface area is 196 Å². The molecule has 2 fully saturated rings. The third kappa shape index (κ3) is 7.42. The number of unbranched alkanes of at least 4 members (excludes halogenated alkanes) is 2. The Bertz CT molecular complexity index is 983. The molecular formula is C24H35FN2O5S. The van der Waals surface area contributed by atoms with Gasteiger partial charge in [-0.05, 0) is 48.8 Å². The van der Waals surface area contributed by atoms with Crippen molar-refractivity contribution in [3.05, 3.63) is 29.6 Å². The maximum absolute atomic E-state index is 14.2. The molecule has 1 saturated heterocycles. The van der Waals surface area contributed by atoms with Gasteiger partial charge in [-0.15, -0.1) is 0 Å². The van der Waals surface area contributed by atoms with Gasteiger partial charge < -0.3 is 9.64 Å². The Morgan fingerprint density at radius 3 is 2.52 bits per heavy atom. The first-order valence-electron chi connectivity index (χ1n) is 11.6. The number of carbonyl (C=O) groups is 2. The number of amides is 3. The van der Waals surface area contributed by atoms with Crippen LogP contribution in [0.15, 0.2) is 18.2 Å². The molecule has 3 amide bonds. The van der Waals surface area contributed by atoms with E-state index in [0.717, 1.165) is 18.4 Å². The highest BCUT2D eigenvalue weighted by atomic mass is 32.2. The molecule has 0 radical (unpaired) electrons. The summed E-state index contributed by atoms with van der Waals surface area (Å²) in [4.78, 5) is 24.5. The molecule has 1 aliphatic carbocycles. The molecule has 1 saturated carbocycles. The highest BCUT2D eigenvalue weighted by molar-refractivity contribution is 7.91. The normalized spacial score (nSPS) is 18.2. The van der Waals surface area contributed by atoms with Crippen LogP contribution in [-0.4, -0.2) is 56.5 Å². The Morgan fingerprint density at radius 2 is 1.88 bits per heavy atom. The molecule has 1 heterocycles. The van der Waals surface area contributed by atoms with E-state index in [1.165, 1.54) is 6.07 Å². The van der Waals surface area contributed by atoms with Gasteiger partial charge in [0.1, 0.15) is 0 Å². The highest BCUT2D eigenvalue weighted by Crippen LogP contribution is 2.50. The summed E-state index contributed by atoms with van der Waals surface area (Å²) in [5.74, 6) is -0.372. The molecule has 184 valence electrons. The Morgan fingerprint density at radius 1 is 1.15 bits per heavy atom. The molecule has 0 spiro atoms.